The van der Waals surface area contributed by atoms with Gasteiger partial charge in [0.25, 0.3) is 10.0 Å². The lowest BCUT2D eigenvalue weighted by atomic mass is 10.3. The lowest BCUT2D eigenvalue weighted by Crippen LogP contribution is -2.19. The van der Waals surface area contributed by atoms with Crippen LogP contribution in [0.3, 0.4) is 0 Å². The van der Waals surface area contributed by atoms with Gasteiger partial charge in [-0.3, -0.25) is 4.72 Å². The predicted octanol–water partition coefficient (Wildman–Crippen LogP) is 4.41. The molecule has 0 unspecified atom stereocenters. The lowest BCUT2D eigenvalue weighted by molar-refractivity contribution is 0.601. The number of hydrogen-bond donors (Lipinski definition) is 3. The summed E-state index contributed by atoms with van der Waals surface area (Å²) in [7, 11) is -3.68. The van der Waals surface area contributed by atoms with Crippen molar-refractivity contribution < 1.29 is 8.42 Å². The largest absolute Gasteiger partial charge is 0.332 e. The van der Waals surface area contributed by atoms with Crippen LogP contribution in [-0.2, 0) is 10.0 Å². The SMILES string of the molecule is O=S(=O)(Nc1nccs1)c1ccc(NC(=S)Nc2ccccc2Cl)cc1. The molecule has 3 rings (SSSR count). The van der Waals surface area contributed by atoms with Crippen LogP contribution in [0.15, 0.2) is 65.0 Å². The third kappa shape index (κ3) is 4.70. The van der Waals surface area contributed by atoms with Gasteiger partial charge < -0.3 is 10.6 Å². The Hall–Kier alpha value is -2.20. The molecule has 0 saturated heterocycles. The minimum absolute atomic E-state index is 0.128. The number of benzene rings is 2. The van der Waals surface area contributed by atoms with Gasteiger partial charge >= 0.3 is 0 Å². The molecule has 1 heterocycles. The van der Waals surface area contributed by atoms with Crippen molar-refractivity contribution in [1.82, 2.24) is 4.98 Å². The molecule has 0 bridgehead atoms. The quantitative estimate of drug-likeness (QED) is 0.526. The summed E-state index contributed by atoms with van der Waals surface area (Å²) in [5, 5.41) is 8.86. The van der Waals surface area contributed by atoms with E-state index < -0.39 is 10.0 Å². The maximum Gasteiger partial charge on any atom is 0.263 e. The van der Waals surface area contributed by atoms with Gasteiger partial charge in [-0.05, 0) is 48.6 Å². The Labute approximate surface area is 165 Å². The second-order valence-corrected chi connectivity index (χ2v) is 8.42. The summed E-state index contributed by atoms with van der Waals surface area (Å²) in [6.07, 6.45) is 1.53. The molecule has 3 N–H and O–H groups in total. The molecule has 26 heavy (non-hydrogen) atoms. The lowest BCUT2D eigenvalue weighted by Gasteiger charge is -2.12. The molecule has 6 nitrogen and oxygen atoms in total. The summed E-state index contributed by atoms with van der Waals surface area (Å²) in [6.45, 7) is 0. The van der Waals surface area contributed by atoms with Gasteiger partial charge in [0.2, 0.25) is 0 Å². The van der Waals surface area contributed by atoms with Crippen LogP contribution in [-0.4, -0.2) is 18.5 Å². The molecule has 3 aromatic rings. The Kier molecular flexibility index (Phi) is 5.72. The minimum Gasteiger partial charge on any atom is -0.332 e. The van der Waals surface area contributed by atoms with E-state index in [4.69, 9.17) is 23.8 Å². The fourth-order valence-corrected chi connectivity index (χ4v) is 4.21. The van der Waals surface area contributed by atoms with Crippen molar-refractivity contribution in [3.63, 3.8) is 0 Å². The highest BCUT2D eigenvalue weighted by atomic mass is 35.5. The third-order valence-corrected chi connectivity index (χ3v) is 5.90. The van der Waals surface area contributed by atoms with Gasteiger partial charge in [0, 0.05) is 17.3 Å². The first kappa shape index (κ1) is 18.6. The van der Waals surface area contributed by atoms with Crippen LogP contribution in [0.1, 0.15) is 0 Å². The number of rotatable bonds is 5. The average molecular weight is 425 g/mol. The van der Waals surface area contributed by atoms with Crippen LogP contribution in [0, 0.1) is 0 Å². The summed E-state index contributed by atoms with van der Waals surface area (Å²) in [4.78, 5) is 4.04. The number of hydrogen-bond acceptors (Lipinski definition) is 5. The molecule has 0 fully saturated rings. The van der Waals surface area contributed by atoms with E-state index in [-0.39, 0.29) is 4.90 Å². The number of thiazole rings is 1. The molecule has 0 spiro atoms. The zero-order valence-corrected chi connectivity index (χ0v) is 16.3. The molecule has 1 aromatic heterocycles. The monoisotopic (exact) mass is 424 g/mol. The molecule has 0 aliphatic heterocycles. The summed E-state index contributed by atoms with van der Waals surface area (Å²) in [5.41, 5.74) is 1.32. The van der Waals surface area contributed by atoms with Gasteiger partial charge in [-0.1, -0.05) is 23.7 Å². The Morgan fingerprint density at radius 1 is 1.08 bits per heavy atom. The molecule has 2 aromatic carbocycles. The van der Waals surface area contributed by atoms with Crippen molar-refractivity contribution in [1.29, 1.82) is 0 Å². The number of sulfonamides is 1. The van der Waals surface area contributed by atoms with E-state index >= 15 is 0 Å². The molecule has 10 heteroatoms. The topological polar surface area (TPSA) is 83.1 Å². The van der Waals surface area contributed by atoms with Crippen LogP contribution >= 0.6 is 35.2 Å². The maximum absolute atomic E-state index is 12.3. The minimum atomic E-state index is -3.68. The van der Waals surface area contributed by atoms with Gasteiger partial charge in [0.15, 0.2) is 10.2 Å². The predicted molar refractivity (Wildman–Crippen MR) is 111 cm³/mol. The normalized spacial score (nSPS) is 11.0. The second-order valence-electron chi connectivity index (χ2n) is 5.03. The fourth-order valence-electron chi connectivity index (χ4n) is 2.01. The molecule has 0 amide bonds. The molecule has 134 valence electrons. The number of aromatic nitrogens is 1. The number of halogens is 1. The smallest absolute Gasteiger partial charge is 0.263 e. The van der Waals surface area contributed by atoms with Gasteiger partial charge in [0.1, 0.15) is 0 Å². The highest BCUT2D eigenvalue weighted by molar-refractivity contribution is 7.93. The zero-order chi connectivity index (χ0) is 18.6. The van der Waals surface area contributed by atoms with Gasteiger partial charge in [-0.25, -0.2) is 13.4 Å². The van der Waals surface area contributed by atoms with Crippen molar-refractivity contribution in [2.24, 2.45) is 0 Å². The van der Waals surface area contributed by atoms with E-state index in [1.807, 2.05) is 12.1 Å². The summed E-state index contributed by atoms with van der Waals surface area (Å²) in [6, 6.07) is 13.4. The molecule has 0 saturated carbocycles. The molecule has 0 aliphatic rings. The van der Waals surface area contributed by atoms with Crippen LogP contribution in [0.2, 0.25) is 5.02 Å². The van der Waals surface area contributed by atoms with E-state index in [0.717, 1.165) is 0 Å². The Morgan fingerprint density at radius 3 is 2.46 bits per heavy atom. The van der Waals surface area contributed by atoms with Crippen molar-refractivity contribution in [3.05, 3.63) is 65.1 Å². The molecule has 0 aliphatic carbocycles. The Morgan fingerprint density at radius 2 is 1.81 bits per heavy atom. The summed E-state index contributed by atoms with van der Waals surface area (Å²) < 4.78 is 27.0. The highest BCUT2D eigenvalue weighted by Crippen LogP contribution is 2.22. The van der Waals surface area contributed by atoms with Gasteiger partial charge in [-0.15, -0.1) is 11.3 Å². The first-order valence-electron chi connectivity index (χ1n) is 7.29. The fraction of sp³-hybridized carbons (Fsp3) is 0. The average Bonchev–Trinajstić information content (AvgIpc) is 3.10. The van der Waals surface area contributed by atoms with Crippen LogP contribution < -0.4 is 15.4 Å². The van der Waals surface area contributed by atoms with Crippen molar-refractivity contribution >= 4 is 66.8 Å². The van der Waals surface area contributed by atoms with E-state index in [1.165, 1.54) is 29.7 Å². The van der Waals surface area contributed by atoms with Crippen molar-refractivity contribution in [2.45, 2.75) is 4.90 Å². The maximum atomic E-state index is 12.3. The molecular formula is C16H13ClN4O2S3. The Balaban J connectivity index is 1.66. The van der Waals surface area contributed by atoms with Crippen molar-refractivity contribution in [2.75, 3.05) is 15.4 Å². The van der Waals surface area contributed by atoms with Gasteiger partial charge in [-0.2, -0.15) is 0 Å². The van der Waals surface area contributed by atoms with Gasteiger partial charge in [0.05, 0.1) is 15.6 Å². The van der Waals surface area contributed by atoms with Crippen LogP contribution in [0.25, 0.3) is 0 Å². The molecule has 0 radical (unpaired) electrons. The number of anilines is 3. The number of thiocarbonyl (C=S) groups is 1. The standard InChI is InChI=1S/C16H13ClN4O2S3/c17-13-3-1-2-4-14(13)20-15(24)19-11-5-7-12(8-6-11)26(22,23)21-16-18-9-10-25-16/h1-10H,(H,18,21)(H2,19,20,24). The molecular weight excluding hydrogens is 412 g/mol. The number of nitrogens with zero attached hydrogens (tertiary/aromatic N) is 1. The van der Waals surface area contributed by atoms with Crippen LogP contribution in [0.4, 0.5) is 16.5 Å². The van der Waals surface area contributed by atoms with E-state index in [0.29, 0.717) is 26.6 Å². The number of para-hydroxylation sites is 1. The van der Waals surface area contributed by atoms with E-state index in [2.05, 4.69) is 20.3 Å². The highest BCUT2D eigenvalue weighted by Gasteiger charge is 2.15. The summed E-state index contributed by atoms with van der Waals surface area (Å²) >= 11 is 12.5. The second kappa shape index (κ2) is 8.00. The van der Waals surface area contributed by atoms with Crippen molar-refractivity contribution in [3.8, 4) is 0 Å². The zero-order valence-electron chi connectivity index (χ0n) is 13.1. The molecule has 0 atom stereocenters. The third-order valence-electron chi connectivity index (χ3n) is 3.20. The number of nitrogens with one attached hydrogen (secondary N) is 3. The van der Waals surface area contributed by atoms with Crippen LogP contribution in [0.5, 0.6) is 0 Å². The summed E-state index contributed by atoms with van der Waals surface area (Å²) in [5.74, 6) is 0. The van der Waals surface area contributed by atoms with E-state index in [1.54, 1.807) is 29.6 Å². The Bertz CT molecular complexity index is 1010. The first-order chi connectivity index (χ1) is 12.4. The van der Waals surface area contributed by atoms with E-state index in [9.17, 15) is 8.42 Å². The first-order valence-corrected chi connectivity index (χ1v) is 10.4.